The number of nitrogen functional groups attached to an aromatic ring is 1. The van der Waals surface area contributed by atoms with E-state index in [-0.39, 0.29) is 11.3 Å². The number of carbonyl (C=O) groups is 1. The molecule has 1 heterocycles. The van der Waals surface area contributed by atoms with E-state index in [0.29, 0.717) is 16.0 Å². The van der Waals surface area contributed by atoms with Crippen LogP contribution in [0.2, 0.25) is 0 Å². The molecule has 3 N–H and O–H groups in total. The zero-order chi connectivity index (χ0) is 11.9. The number of hydrogen-bond acceptors (Lipinski definition) is 5. The van der Waals surface area contributed by atoms with E-state index in [1.54, 1.807) is 6.07 Å². The zero-order valence-electron chi connectivity index (χ0n) is 8.77. The topological polar surface area (TPSA) is 85.4 Å². The third-order valence-corrected chi connectivity index (χ3v) is 3.23. The van der Waals surface area contributed by atoms with Gasteiger partial charge in [0.2, 0.25) is 0 Å². The van der Waals surface area contributed by atoms with E-state index in [2.05, 4.69) is 4.98 Å². The molecule has 0 spiro atoms. The number of methoxy groups -OCH3 is 1. The number of thiazole rings is 1. The Morgan fingerprint density at radius 3 is 2.88 bits per heavy atom. The Hall–Kier alpha value is -1.82. The first-order chi connectivity index (χ1) is 7.54. The number of anilines is 1. The first kappa shape index (κ1) is 10.7. The van der Waals surface area contributed by atoms with Crippen LogP contribution < -0.4 is 10.5 Å². The molecule has 0 atom stereocenters. The molecule has 0 saturated carbocycles. The number of carboxylic acids is 1. The maximum atomic E-state index is 11.2. The van der Waals surface area contributed by atoms with Crippen LogP contribution in [0.4, 0.5) is 5.69 Å². The number of fused-ring (bicyclic) bond motifs is 1. The maximum Gasteiger partial charge on any atom is 0.339 e. The minimum absolute atomic E-state index is 0.0694. The number of aryl methyl sites for hydroxylation is 1. The van der Waals surface area contributed by atoms with Crippen molar-refractivity contribution in [2.45, 2.75) is 6.92 Å². The Morgan fingerprint density at radius 2 is 2.31 bits per heavy atom. The minimum atomic E-state index is -1.06. The summed E-state index contributed by atoms with van der Waals surface area (Å²) in [4.78, 5) is 15.4. The fourth-order valence-electron chi connectivity index (χ4n) is 1.55. The smallest absolute Gasteiger partial charge is 0.339 e. The molecule has 1 aromatic carbocycles. The van der Waals surface area contributed by atoms with Crippen molar-refractivity contribution in [1.29, 1.82) is 0 Å². The number of aromatic nitrogens is 1. The Labute approximate surface area is 95.5 Å². The number of carboxylic acid groups (broad SMARTS) is 1. The number of benzene rings is 1. The minimum Gasteiger partial charge on any atom is -0.494 e. The Balaban J connectivity index is 2.90. The van der Waals surface area contributed by atoms with Gasteiger partial charge >= 0.3 is 5.97 Å². The average Bonchev–Trinajstić information content (AvgIpc) is 2.56. The second-order valence-electron chi connectivity index (χ2n) is 3.25. The van der Waals surface area contributed by atoms with Crippen LogP contribution in [0, 0.1) is 6.92 Å². The van der Waals surface area contributed by atoms with Gasteiger partial charge in [-0.2, -0.15) is 0 Å². The average molecular weight is 238 g/mol. The lowest BCUT2D eigenvalue weighted by Crippen LogP contribution is -2.04. The highest BCUT2D eigenvalue weighted by molar-refractivity contribution is 7.19. The van der Waals surface area contributed by atoms with Gasteiger partial charge in [-0.3, -0.25) is 0 Å². The van der Waals surface area contributed by atoms with Crippen molar-refractivity contribution in [2.24, 2.45) is 0 Å². The number of hydrogen-bond donors (Lipinski definition) is 2. The van der Waals surface area contributed by atoms with Crippen LogP contribution in [0.25, 0.3) is 10.2 Å². The van der Waals surface area contributed by atoms with Crippen molar-refractivity contribution in [3.8, 4) is 5.75 Å². The highest BCUT2D eigenvalue weighted by Gasteiger charge is 2.19. The van der Waals surface area contributed by atoms with Gasteiger partial charge < -0.3 is 15.6 Å². The first-order valence-electron chi connectivity index (χ1n) is 4.51. The fraction of sp³-hybridized carbons (Fsp3) is 0.200. The van der Waals surface area contributed by atoms with Crippen LogP contribution in [-0.2, 0) is 0 Å². The van der Waals surface area contributed by atoms with Gasteiger partial charge in [-0.25, -0.2) is 9.78 Å². The second-order valence-corrected chi connectivity index (χ2v) is 4.46. The molecule has 2 aromatic rings. The Kier molecular flexibility index (Phi) is 2.43. The summed E-state index contributed by atoms with van der Waals surface area (Å²) >= 11 is 1.31. The summed E-state index contributed by atoms with van der Waals surface area (Å²) < 4.78 is 5.62. The number of aromatic carboxylic acids is 1. The molecular weight excluding hydrogens is 228 g/mol. The van der Waals surface area contributed by atoms with Crippen LogP contribution in [-0.4, -0.2) is 23.2 Å². The van der Waals surface area contributed by atoms with Crippen LogP contribution in [0.1, 0.15) is 15.4 Å². The van der Waals surface area contributed by atoms with Crippen molar-refractivity contribution in [1.82, 2.24) is 4.98 Å². The molecule has 16 heavy (non-hydrogen) atoms. The van der Waals surface area contributed by atoms with Gasteiger partial charge in [0.15, 0.2) is 0 Å². The third-order valence-electron chi connectivity index (χ3n) is 2.22. The number of rotatable bonds is 2. The second kappa shape index (κ2) is 3.64. The monoisotopic (exact) mass is 238 g/mol. The van der Waals surface area contributed by atoms with Gasteiger partial charge in [0.05, 0.1) is 28.0 Å². The van der Waals surface area contributed by atoms with Gasteiger partial charge in [-0.05, 0) is 6.92 Å². The highest BCUT2D eigenvalue weighted by Crippen LogP contribution is 2.36. The van der Waals surface area contributed by atoms with Gasteiger partial charge in [-0.1, -0.05) is 0 Å². The van der Waals surface area contributed by atoms with Gasteiger partial charge in [0, 0.05) is 6.07 Å². The van der Waals surface area contributed by atoms with Gasteiger partial charge in [-0.15, -0.1) is 11.3 Å². The predicted octanol–water partition coefficient (Wildman–Crippen LogP) is 1.89. The standard InChI is InChI=1S/C10H10N2O3S/c1-4-12-5-3-6(15-2)8(11)7(10(13)14)9(5)16-4/h3H,11H2,1-2H3,(H,13,14). The molecule has 2 rings (SSSR count). The molecule has 0 aliphatic rings. The van der Waals surface area contributed by atoms with Crippen LogP contribution in [0.3, 0.4) is 0 Å². The van der Waals surface area contributed by atoms with E-state index in [1.807, 2.05) is 6.92 Å². The van der Waals surface area contributed by atoms with Crippen molar-refractivity contribution in [2.75, 3.05) is 12.8 Å². The van der Waals surface area contributed by atoms with E-state index >= 15 is 0 Å². The molecule has 0 amide bonds. The third kappa shape index (κ3) is 1.47. The fourth-order valence-corrected chi connectivity index (χ4v) is 2.50. The largest absolute Gasteiger partial charge is 0.494 e. The lowest BCUT2D eigenvalue weighted by molar-refractivity contribution is 0.0700. The van der Waals surface area contributed by atoms with E-state index in [0.717, 1.165) is 5.01 Å². The van der Waals surface area contributed by atoms with Gasteiger partial charge in [0.25, 0.3) is 0 Å². The summed E-state index contributed by atoms with van der Waals surface area (Å²) in [6.07, 6.45) is 0. The molecule has 0 saturated heterocycles. The van der Waals surface area contributed by atoms with Crippen molar-refractivity contribution in [3.05, 3.63) is 16.6 Å². The molecule has 5 nitrogen and oxygen atoms in total. The summed E-state index contributed by atoms with van der Waals surface area (Å²) in [6, 6.07) is 1.65. The van der Waals surface area contributed by atoms with Crippen molar-refractivity contribution < 1.29 is 14.6 Å². The molecule has 0 radical (unpaired) electrons. The molecule has 0 unspecified atom stereocenters. The van der Waals surface area contributed by atoms with Crippen LogP contribution in [0.15, 0.2) is 6.07 Å². The number of ether oxygens (including phenoxy) is 1. The molecule has 6 heteroatoms. The molecule has 84 valence electrons. The van der Waals surface area contributed by atoms with E-state index in [1.165, 1.54) is 18.4 Å². The molecule has 0 bridgehead atoms. The van der Waals surface area contributed by atoms with Crippen molar-refractivity contribution in [3.63, 3.8) is 0 Å². The summed E-state index contributed by atoms with van der Waals surface area (Å²) in [6.45, 7) is 1.82. The molecule has 0 fully saturated rings. The maximum absolute atomic E-state index is 11.2. The van der Waals surface area contributed by atoms with Crippen LogP contribution in [0.5, 0.6) is 5.75 Å². The molecular formula is C10H10N2O3S. The Morgan fingerprint density at radius 1 is 1.62 bits per heavy atom. The summed E-state index contributed by atoms with van der Waals surface area (Å²) in [5.74, 6) is -0.722. The summed E-state index contributed by atoms with van der Waals surface area (Å²) in [7, 11) is 1.45. The lowest BCUT2D eigenvalue weighted by atomic mass is 10.1. The summed E-state index contributed by atoms with van der Waals surface area (Å²) in [5.41, 5.74) is 6.56. The van der Waals surface area contributed by atoms with Crippen LogP contribution >= 0.6 is 11.3 Å². The molecule has 0 aliphatic heterocycles. The van der Waals surface area contributed by atoms with Crippen molar-refractivity contribution >= 4 is 33.2 Å². The number of nitrogens with zero attached hydrogens (tertiary/aromatic N) is 1. The van der Waals surface area contributed by atoms with E-state index < -0.39 is 5.97 Å². The van der Waals surface area contributed by atoms with E-state index in [4.69, 9.17) is 15.6 Å². The van der Waals surface area contributed by atoms with E-state index in [9.17, 15) is 4.79 Å². The predicted molar refractivity (Wildman–Crippen MR) is 62.3 cm³/mol. The molecule has 0 aliphatic carbocycles. The SMILES string of the molecule is COc1cc2nc(C)sc2c(C(=O)O)c1N. The quantitative estimate of drug-likeness (QED) is 0.780. The number of nitrogens with two attached hydrogens (primary N) is 1. The lowest BCUT2D eigenvalue weighted by Gasteiger charge is -2.07. The summed E-state index contributed by atoms with van der Waals surface area (Å²) in [5, 5.41) is 9.93. The highest BCUT2D eigenvalue weighted by atomic mass is 32.1. The normalized spacial score (nSPS) is 10.6. The zero-order valence-corrected chi connectivity index (χ0v) is 9.59. The van der Waals surface area contributed by atoms with Gasteiger partial charge in [0.1, 0.15) is 11.3 Å². The molecule has 1 aromatic heterocycles. The Bertz CT molecular complexity index is 577. The first-order valence-corrected chi connectivity index (χ1v) is 5.33.